The summed E-state index contributed by atoms with van der Waals surface area (Å²) >= 11 is 0. The molecule has 3 fully saturated rings. The van der Waals surface area contributed by atoms with Crippen molar-refractivity contribution in [2.75, 3.05) is 31.1 Å². The van der Waals surface area contributed by atoms with E-state index in [0.29, 0.717) is 5.91 Å². The number of rotatable bonds is 4. The average molecular weight is 352 g/mol. The predicted molar refractivity (Wildman–Crippen MR) is 97.0 cm³/mol. The zero-order chi connectivity index (χ0) is 17.6. The molecule has 5 rings (SSSR count). The first kappa shape index (κ1) is 15.8. The van der Waals surface area contributed by atoms with E-state index in [1.54, 1.807) is 4.68 Å². The Morgan fingerprint density at radius 2 is 1.96 bits per heavy atom. The molecule has 0 N–H and O–H groups in total. The zero-order valence-corrected chi connectivity index (χ0v) is 14.9. The number of benzene rings is 1. The van der Waals surface area contributed by atoms with Gasteiger partial charge in [-0.25, -0.2) is 0 Å². The Morgan fingerprint density at radius 3 is 2.77 bits per heavy atom. The molecule has 7 nitrogen and oxygen atoms in total. The molecular weight excluding hydrogens is 328 g/mol. The van der Waals surface area contributed by atoms with Crippen molar-refractivity contribution in [2.24, 2.45) is 11.3 Å². The Bertz CT molecular complexity index is 801. The normalized spacial score (nSPS) is 26.1. The van der Waals surface area contributed by atoms with Crippen molar-refractivity contribution < 1.29 is 4.79 Å². The summed E-state index contributed by atoms with van der Waals surface area (Å²) in [5.41, 5.74) is 0.694. The monoisotopic (exact) mass is 352 g/mol. The van der Waals surface area contributed by atoms with Crippen LogP contribution < -0.4 is 4.90 Å². The summed E-state index contributed by atoms with van der Waals surface area (Å²) in [6.45, 7) is 3.44. The second-order valence-electron chi connectivity index (χ2n) is 7.98. The van der Waals surface area contributed by atoms with Crippen LogP contribution in [0.2, 0.25) is 0 Å². The maximum atomic E-state index is 13.2. The second kappa shape index (κ2) is 6.07. The van der Waals surface area contributed by atoms with Crippen LogP contribution in [0.15, 0.2) is 30.3 Å². The molecule has 0 bridgehead atoms. The van der Waals surface area contributed by atoms with Gasteiger partial charge in [0.25, 0.3) is 0 Å². The highest BCUT2D eigenvalue weighted by Gasteiger charge is 2.49. The van der Waals surface area contributed by atoms with E-state index in [2.05, 4.69) is 25.3 Å². The third kappa shape index (κ3) is 2.66. The Kier molecular flexibility index (Phi) is 3.69. The van der Waals surface area contributed by atoms with Crippen LogP contribution in [0, 0.1) is 11.3 Å². The summed E-state index contributed by atoms with van der Waals surface area (Å²) < 4.78 is 1.77. The number of hydrogen-bond donors (Lipinski definition) is 0. The third-order valence-corrected chi connectivity index (χ3v) is 6.09. The van der Waals surface area contributed by atoms with Crippen molar-refractivity contribution in [3.8, 4) is 5.69 Å². The molecule has 2 saturated heterocycles. The lowest BCUT2D eigenvalue weighted by Crippen LogP contribution is -2.50. The largest absolute Gasteiger partial charge is 0.342 e. The summed E-state index contributed by atoms with van der Waals surface area (Å²) in [7, 11) is 0. The van der Waals surface area contributed by atoms with Gasteiger partial charge in [0.15, 0.2) is 0 Å². The molecule has 1 aromatic heterocycles. The van der Waals surface area contributed by atoms with Crippen LogP contribution in [0.1, 0.15) is 32.1 Å². The summed E-state index contributed by atoms with van der Waals surface area (Å²) in [6.07, 6.45) is 5.56. The highest BCUT2D eigenvalue weighted by molar-refractivity contribution is 5.85. The van der Waals surface area contributed by atoms with Crippen LogP contribution >= 0.6 is 0 Å². The topological polar surface area (TPSA) is 67.2 Å². The van der Waals surface area contributed by atoms with E-state index in [9.17, 15) is 4.79 Å². The SMILES string of the molecule is O=C1N(CC2CC2)CCC[C@@]12CCN(c1nnnn1-c1ccccc1)C2. The lowest BCUT2D eigenvalue weighted by Gasteiger charge is -2.39. The molecule has 3 heterocycles. The van der Waals surface area contributed by atoms with Crippen molar-refractivity contribution in [3.05, 3.63) is 30.3 Å². The number of nitrogens with zero attached hydrogens (tertiary/aromatic N) is 6. The first-order valence-corrected chi connectivity index (χ1v) is 9.63. The quantitative estimate of drug-likeness (QED) is 0.841. The predicted octanol–water partition coefficient (Wildman–Crippen LogP) is 1.89. The zero-order valence-electron chi connectivity index (χ0n) is 14.9. The average Bonchev–Trinajstić information content (AvgIpc) is 3.19. The molecule has 1 spiro atoms. The van der Waals surface area contributed by atoms with Crippen LogP contribution in [-0.4, -0.2) is 57.2 Å². The van der Waals surface area contributed by atoms with Gasteiger partial charge in [-0.1, -0.05) is 23.3 Å². The fourth-order valence-electron chi connectivity index (χ4n) is 4.48. The lowest BCUT2D eigenvalue weighted by molar-refractivity contribution is -0.145. The van der Waals surface area contributed by atoms with E-state index in [0.717, 1.165) is 63.0 Å². The number of piperidine rings is 1. The molecule has 136 valence electrons. The molecule has 3 aliphatic rings. The van der Waals surface area contributed by atoms with Crippen LogP contribution in [0.5, 0.6) is 0 Å². The standard InChI is InChI=1S/C19H24N6O/c26-17-19(9-4-11-23(17)13-15-7-8-15)10-12-24(14-19)18-20-21-22-25(18)16-5-2-1-3-6-16/h1-3,5-6,15H,4,7-14H2/t19-/m0/s1. The van der Waals surface area contributed by atoms with Crippen molar-refractivity contribution >= 4 is 11.9 Å². The second-order valence-corrected chi connectivity index (χ2v) is 7.98. The molecule has 7 heteroatoms. The summed E-state index contributed by atoms with van der Waals surface area (Å²) in [5.74, 6) is 1.84. The van der Waals surface area contributed by atoms with Gasteiger partial charge >= 0.3 is 0 Å². The van der Waals surface area contributed by atoms with Gasteiger partial charge in [0.05, 0.1) is 11.1 Å². The number of hydrogen-bond acceptors (Lipinski definition) is 5. The molecule has 1 aliphatic carbocycles. The number of likely N-dealkylation sites (tertiary alicyclic amines) is 1. The number of anilines is 1. The van der Waals surface area contributed by atoms with Crippen LogP contribution in [0.4, 0.5) is 5.95 Å². The Morgan fingerprint density at radius 1 is 1.12 bits per heavy atom. The number of tetrazole rings is 1. The van der Waals surface area contributed by atoms with Gasteiger partial charge in [-0.2, -0.15) is 4.68 Å². The molecule has 2 aliphatic heterocycles. The van der Waals surface area contributed by atoms with Gasteiger partial charge in [-0.05, 0) is 60.6 Å². The molecule has 1 amide bonds. The van der Waals surface area contributed by atoms with Gasteiger partial charge < -0.3 is 9.80 Å². The van der Waals surface area contributed by atoms with Crippen molar-refractivity contribution in [2.45, 2.75) is 32.1 Å². The van der Waals surface area contributed by atoms with Crippen molar-refractivity contribution in [1.29, 1.82) is 0 Å². The number of carbonyl (C=O) groups excluding carboxylic acids is 1. The summed E-state index contributed by atoms with van der Waals surface area (Å²) in [5, 5.41) is 12.3. The number of aromatic nitrogens is 4. The Hall–Kier alpha value is -2.44. The molecule has 26 heavy (non-hydrogen) atoms. The van der Waals surface area contributed by atoms with E-state index in [4.69, 9.17) is 0 Å². The Labute approximate surface area is 153 Å². The van der Waals surface area contributed by atoms with Crippen LogP contribution in [-0.2, 0) is 4.79 Å². The highest BCUT2D eigenvalue weighted by atomic mass is 16.2. The van der Waals surface area contributed by atoms with Crippen LogP contribution in [0.3, 0.4) is 0 Å². The van der Waals surface area contributed by atoms with Gasteiger partial charge in [0.2, 0.25) is 11.9 Å². The van der Waals surface area contributed by atoms with Crippen molar-refractivity contribution in [3.63, 3.8) is 0 Å². The molecule has 1 atom stereocenters. The number of para-hydroxylation sites is 1. The molecule has 1 aromatic carbocycles. The fraction of sp³-hybridized carbons (Fsp3) is 0.579. The van der Waals surface area contributed by atoms with Gasteiger partial charge in [-0.3, -0.25) is 4.79 Å². The van der Waals surface area contributed by atoms with Gasteiger partial charge in [-0.15, -0.1) is 0 Å². The lowest BCUT2D eigenvalue weighted by atomic mass is 9.78. The minimum Gasteiger partial charge on any atom is -0.342 e. The van der Waals surface area contributed by atoms with Gasteiger partial charge in [0.1, 0.15) is 0 Å². The van der Waals surface area contributed by atoms with Gasteiger partial charge in [0, 0.05) is 26.2 Å². The number of carbonyl (C=O) groups is 1. The van der Waals surface area contributed by atoms with E-state index >= 15 is 0 Å². The highest BCUT2D eigenvalue weighted by Crippen LogP contribution is 2.42. The maximum absolute atomic E-state index is 13.2. The van der Waals surface area contributed by atoms with E-state index in [-0.39, 0.29) is 5.41 Å². The Balaban J connectivity index is 1.37. The number of amides is 1. The van der Waals surface area contributed by atoms with E-state index in [1.165, 1.54) is 12.8 Å². The summed E-state index contributed by atoms with van der Waals surface area (Å²) in [6, 6.07) is 9.93. The van der Waals surface area contributed by atoms with Crippen LogP contribution in [0.25, 0.3) is 5.69 Å². The fourth-order valence-corrected chi connectivity index (χ4v) is 4.48. The first-order valence-electron chi connectivity index (χ1n) is 9.63. The molecule has 0 unspecified atom stereocenters. The van der Waals surface area contributed by atoms with E-state index in [1.807, 2.05) is 30.3 Å². The first-order chi connectivity index (χ1) is 12.8. The maximum Gasteiger partial charge on any atom is 0.250 e. The molecule has 0 radical (unpaired) electrons. The third-order valence-electron chi connectivity index (χ3n) is 6.09. The minimum atomic E-state index is -0.249. The molecular formula is C19H24N6O. The van der Waals surface area contributed by atoms with E-state index < -0.39 is 0 Å². The van der Waals surface area contributed by atoms with Crippen molar-refractivity contribution in [1.82, 2.24) is 25.1 Å². The molecule has 1 saturated carbocycles. The summed E-state index contributed by atoms with van der Waals surface area (Å²) in [4.78, 5) is 17.5. The molecule has 2 aromatic rings. The minimum absolute atomic E-state index is 0.249. The smallest absolute Gasteiger partial charge is 0.250 e.